The van der Waals surface area contributed by atoms with Crippen LogP contribution in [0.5, 0.6) is 0 Å². The van der Waals surface area contributed by atoms with Crippen LogP contribution in [0.25, 0.3) is 21.9 Å². The molecular formula is C22H18ClN. The van der Waals surface area contributed by atoms with E-state index in [0.29, 0.717) is 0 Å². The molecule has 3 aromatic carbocycles. The van der Waals surface area contributed by atoms with E-state index in [1.807, 2.05) is 6.07 Å². The molecule has 0 aliphatic heterocycles. The standard InChI is InChI=1S/C22H18N.ClH/c1-2-6-19(7-3-1)21-12-10-18(11-13-21)16-23-15-14-20-8-4-5-9-22(20)17-23;/h1-15,17H,16H2;1H/q+1;/p-1. The van der Waals surface area contributed by atoms with Crippen molar-refractivity contribution in [2.45, 2.75) is 6.54 Å². The molecule has 0 bridgehead atoms. The summed E-state index contributed by atoms with van der Waals surface area (Å²) in [6, 6.07) is 30.0. The molecule has 0 saturated carbocycles. The first-order chi connectivity index (χ1) is 11.4. The van der Waals surface area contributed by atoms with Crippen molar-refractivity contribution in [1.29, 1.82) is 0 Å². The van der Waals surface area contributed by atoms with E-state index in [1.54, 1.807) is 0 Å². The molecule has 0 fully saturated rings. The number of hydrogen-bond acceptors (Lipinski definition) is 0. The molecule has 24 heavy (non-hydrogen) atoms. The molecule has 1 heterocycles. The Morgan fingerprint density at radius 2 is 1.21 bits per heavy atom. The Morgan fingerprint density at radius 3 is 1.96 bits per heavy atom. The third kappa shape index (κ3) is 3.47. The average Bonchev–Trinajstić information content (AvgIpc) is 2.63. The third-order valence-electron chi connectivity index (χ3n) is 4.17. The Kier molecular flexibility index (Phi) is 4.93. The highest BCUT2D eigenvalue weighted by atomic mass is 35.5. The zero-order valence-electron chi connectivity index (χ0n) is 13.3. The van der Waals surface area contributed by atoms with Crippen LogP contribution in [0.4, 0.5) is 0 Å². The highest BCUT2D eigenvalue weighted by molar-refractivity contribution is 5.80. The summed E-state index contributed by atoms with van der Waals surface area (Å²) >= 11 is 0. The maximum absolute atomic E-state index is 2.24. The maximum atomic E-state index is 2.24. The van der Waals surface area contributed by atoms with E-state index in [4.69, 9.17) is 0 Å². The second-order valence-corrected chi connectivity index (χ2v) is 5.81. The molecule has 1 nitrogen and oxygen atoms in total. The normalized spacial score (nSPS) is 10.3. The summed E-state index contributed by atoms with van der Waals surface area (Å²) in [6.45, 7) is 0.889. The van der Waals surface area contributed by atoms with Gasteiger partial charge in [0.2, 0.25) is 0 Å². The predicted octanol–water partition coefficient (Wildman–Crippen LogP) is 1.85. The smallest absolute Gasteiger partial charge is 0.176 e. The van der Waals surface area contributed by atoms with Crippen LogP contribution in [-0.2, 0) is 6.54 Å². The highest BCUT2D eigenvalue weighted by Crippen LogP contribution is 2.19. The fourth-order valence-electron chi connectivity index (χ4n) is 2.92. The first-order valence-electron chi connectivity index (χ1n) is 7.91. The van der Waals surface area contributed by atoms with Crippen molar-refractivity contribution in [1.82, 2.24) is 0 Å². The van der Waals surface area contributed by atoms with Crippen molar-refractivity contribution >= 4 is 10.8 Å². The molecule has 0 saturated heterocycles. The van der Waals surface area contributed by atoms with Crippen LogP contribution in [0.3, 0.4) is 0 Å². The van der Waals surface area contributed by atoms with E-state index in [-0.39, 0.29) is 12.4 Å². The molecule has 0 aliphatic rings. The van der Waals surface area contributed by atoms with Crippen LogP contribution in [0, 0.1) is 0 Å². The molecule has 0 spiro atoms. The Bertz CT molecular complexity index is 931. The Morgan fingerprint density at radius 1 is 0.583 bits per heavy atom. The number of halogens is 1. The summed E-state index contributed by atoms with van der Waals surface area (Å²) in [5.41, 5.74) is 3.83. The van der Waals surface area contributed by atoms with Crippen molar-refractivity contribution in [3.63, 3.8) is 0 Å². The van der Waals surface area contributed by atoms with Gasteiger partial charge in [-0.25, -0.2) is 4.57 Å². The van der Waals surface area contributed by atoms with Gasteiger partial charge < -0.3 is 12.4 Å². The summed E-state index contributed by atoms with van der Waals surface area (Å²) in [7, 11) is 0. The number of rotatable bonds is 3. The molecule has 0 N–H and O–H groups in total. The highest BCUT2D eigenvalue weighted by Gasteiger charge is 2.05. The molecule has 4 aromatic rings. The lowest BCUT2D eigenvalue weighted by Crippen LogP contribution is -3.00. The van der Waals surface area contributed by atoms with Gasteiger partial charge in [-0.2, -0.15) is 0 Å². The third-order valence-corrected chi connectivity index (χ3v) is 4.17. The minimum atomic E-state index is 0. The second-order valence-electron chi connectivity index (χ2n) is 5.81. The van der Waals surface area contributed by atoms with E-state index in [0.717, 1.165) is 6.54 Å². The fourth-order valence-corrected chi connectivity index (χ4v) is 2.92. The van der Waals surface area contributed by atoms with Crippen molar-refractivity contribution in [3.05, 3.63) is 103 Å². The largest absolute Gasteiger partial charge is 1.00 e. The van der Waals surface area contributed by atoms with E-state index in [1.165, 1.54) is 27.5 Å². The summed E-state index contributed by atoms with van der Waals surface area (Å²) in [5.74, 6) is 0. The number of nitrogens with zero attached hydrogens (tertiary/aromatic N) is 1. The first kappa shape index (κ1) is 16.2. The minimum Gasteiger partial charge on any atom is -1.00 e. The van der Waals surface area contributed by atoms with Gasteiger partial charge in [-0.1, -0.05) is 72.8 Å². The van der Waals surface area contributed by atoms with Gasteiger partial charge in [-0.05, 0) is 22.6 Å². The number of fused-ring (bicyclic) bond motifs is 1. The van der Waals surface area contributed by atoms with Crippen LogP contribution < -0.4 is 17.0 Å². The second kappa shape index (κ2) is 7.29. The lowest BCUT2D eigenvalue weighted by Gasteiger charge is -2.03. The van der Waals surface area contributed by atoms with Crippen LogP contribution in [0.1, 0.15) is 5.56 Å². The first-order valence-corrected chi connectivity index (χ1v) is 7.91. The molecule has 1 aromatic heterocycles. The SMILES string of the molecule is [Cl-].c1ccc(-c2ccc(C[n+]3ccc4ccccc4c3)cc2)cc1. The monoisotopic (exact) mass is 331 g/mol. The molecule has 0 radical (unpaired) electrons. The molecule has 0 unspecified atom stereocenters. The van der Waals surface area contributed by atoms with Gasteiger partial charge in [0, 0.05) is 17.0 Å². The van der Waals surface area contributed by atoms with Crippen LogP contribution in [0.15, 0.2) is 97.3 Å². The number of pyridine rings is 1. The summed E-state index contributed by atoms with van der Waals surface area (Å²) in [4.78, 5) is 0. The van der Waals surface area contributed by atoms with Crippen molar-refractivity contribution in [3.8, 4) is 11.1 Å². The van der Waals surface area contributed by atoms with Gasteiger partial charge in [-0.3, -0.25) is 0 Å². The number of benzene rings is 3. The van der Waals surface area contributed by atoms with Gasteiger partial charge in [-0.15, -0.1) is 0 Å². The topological polar surface area (TPSA) is 3.88 Å². The number of hydrogen-bond donors (Lipinski definition) is 0. The molecule has 0 aliphatic carbocycles. The predicted molar refractivity (Wildman–Crippen MR) is 95.1 cm³/mol. The fraction of sp³-hybridized carbons (Fsp3) is 0.0455. The Hall–Kier alpha value is -2.64. The van der Waals surface area contributed by atoms with Crippen LogP contribution in [0.2, 0.25) is 0 Å². The zero-order chi connectivity index (χ0) is 15.5. The molecule has 0 atom stereocenters. The lowest BCUT2D eigenvalue weighted by molar-refractivity contribution is -0.687. The van der Waals surface area contributed by atoms with Gasteiger partial charge in [0.05, 0.1) is 0 Å². The Balaban J connectivity index is 0.00000169. The molecule has 0 amide bonds. The molecule has 2 heteroatoms. The van der Waals surface area contributed by atoms with E-state index in [2.05, 4.69) is 95.8 Å². The van der Waals surface area contributed by atoms with E-state index in [9.17, 15) is 0 Å². The minimum absolute atomic E-state index is 0. The molecular weight excluding hydrogens is 314 g/mol. The molecule has 4 rings (SSSR count). The van der Waals surface area contributed by atoms with Gasteiger partial charge >= 0.3 is 0 Å². The van der Waals surface area contributed by atoms with Crippen LogP contribution in [-0.4, -0.2) is 0 Å². The van der Waals surface area contributed by atoms with Gasteiger partial charge in [0.1, 0.15) is 0 Å². The average molecular weight is 332 g/mol. The van der Waals surface area contributed by atoms with Crippen molar-refractivity contribution < 1.29 is 17.0 Å². The lowest BCUT2D eigenvalue weighted by atomic mass is 10.0. The summed E-state index contributed by atoms with van der Waals surface area (Å²) in [5, 5.41) is 2.55. The van der Waals surface area contributed by atoms with Crippen molar-refractivity contribution in [2.75, 3.05) is 0 Å². The van der Waals surface area contributed by atoms with Crippen LogP contribution >= 0.6 is 0 Å². The van der Waals surface area contributed by atoms with Gasteiger partial charge in [0.25, 0.3) is 0 Å². The van der Waals surface area contributed by atoms with E-state index < -0.39 is 0 Å². The number of aromatic nitrogens is 1. The van der Waals surface area contributed by atoms with Gasteiger partial charge in [0.15, 0.2) is 18.9 Å². The zero-order valence-corrected chi connectivity index (χ0v) is 14.0. The summed E-state index contributed by atoms with van der Waals surface area (Å²) in [6.07, 6.45) is 4.36. The summed E-state index contributed by atoms with van der Waals surface area (Å²) < 4.78 is 2.24. The Labute approximate surface area is 148 Å². The van der Waals surface area contributed by atoms with Crippen molar-refractivity contribution in [2.24, 2.45) is 0 Å². The van der Waals surface area contributed by atoms with E-state index >= 15 is 0 Å². The molecule has 118 valence electrons. The quantitative estimate of drug-likeness (QED) is 0.504. The maximum Gasteiger partial charge on any atom is 0.176 e.